The van der Waals surface area contributed by atoms with Gasteiger partial charge in [-0.25, -0.2) is 4.79 Å². The van der Waals surface area contributed by atoms with Gasteiger partial charge >= 0.3 is 6.03 Å². The first-order chi connectivity index (χ1) is 22.7. The summed E-state index contributed by atoms with van der Waals surface area (Å²) < 4.78 is 7.13. The van der Waals surface area contributed by atoms with E-state index < -0.39 is 23.9 Å². The first-order valence-electron chi connectivity index (χ1n) is 15.2. The third-order valence-electron chi connectivity index (χ3n) is 7.46. The number of hydrogen-bond acceptors (Lipinski definition) is 6. The number of hydrogen-bond donors (Lipinski definition) is 4. The molecule has 3 aromatic carbocycles. The SMILES string of the molecule is CCOC[C@H](NC(=O)[C@H](NC(=O)N1CCC1)c1ccccc1)C(=O)Nc1ccc(C#Cc2cn(C)nc2-c2cc(Cl)ccc2O)cc1. The van der Waals surface area contributed by atoms with Crippen molar-refractivity contribution in [2.24, 2.45) is 7.05 Å². The second-order valence-corrected chi connectivity index (χ2v) is 11.3. The molecule has 4 amide bonds. The van der Waals surface area contributed by atoms with Crippen molar-refractivity contribution >= 4 is 35.1 Å². The number of benzene rings is 3. The number of likely N-dealkylation sites (tertiary alicyclic amines) is 1. The van der Waals surface area contributed by atoms with Crippen molar-refractivity contribution in [1.29, 1.82) is 0 Å². The highest BCUT2D eigenvalue weighted by molar-refractivity contribution is 6.31. The van der Waals surface area contributed by atoms with Crippen LogP contribution >= 0.6 is 11.6 Å². The van der Waals surface area contributed by atoms with Gasteiger partial charge in [0.2, 0.25) is 11.8 Å². The average Bonchev–Trinajstić information content (AvgIpc) is 3.42. The summed E-state index contributed by atoms with van der Waals surface area (Å²) in [5.41, 5.74) is 3.34. The van der Waals surface area contributed by atoms with E-state index >= 15 is 0 Å². The van der Waals surface area contributed by atoms with Crippen LogP contribution in [0.5, 0.6) is 5.75 Å². The predicted molar refractivity (Wildman–Crippen MR) is 179 cm³/mol. The quantitative estimate of drug-likeness (QED) is 0.186. The molecule has 2 atom stereocenters. The van der Waals surface area contributed by atoms with Crippen LogP contribution in [0, 0.1) is 11.8 Å². The highest BCUT2D eigenvalue weighted by atomic mass is 35.5. The molecule has 1 aromatic heterocycles. The number of halogens is 1. The van der Waals surface area contributed by atoms with Gasteiger partial charge in [-0.3, -0.25) is 14.3 Å². The van der Waals surface area contributed by atoms with Gasteiger partial charge in [0, 0.05) is 54.8 Å². The third-order valence-corrected chi connectivity index (χ3v) is 7.70. The molecule has 1 aliphatic rings. The van der Waals surface area contributed by atoms with Crippen molar-refractivity contribution in [1.82, 2.24) is 25.3 Å². The lowest BCUT2D eigenvalue weighted by Crippen LogP contribution is -2.54. The lowest BCUT2D eigenvalue weighted by atomic mass is 10.1. The van der Waals surface area contributed by atoms with E-state index in [1.807, 2.05) is 6.07 Å². The molecule has 0 unspecified atom stereocenters. The lowest BCUT2D eigenvalue weighted by Gasteiger charge is -2.32. The topological polar surface area (TPSA) is 138 Å². The van der Waals surface area contributed by atoms with Crippen molar-refractivity contribution in [2.75, 3.05) is 31.6 Å². The number of urea groups is 1. The zero-order valence-electron chi connectivity index (χ0n) is 26.0. The third kappa shape index (κ3) is 8.49. The number of amides is 4. The van der Waals surface area contributed by atoms with Gasteiger partial charge in [0.1, 0.15) is 23.5 Å². The summed E-state index contributed by atoms with van der Waals surface area (Å²) in [5.74, 6) is 5.22. The van der Waals surface area contributed by atoms with Crippen molar-refractivity contribution < 1.29 is 24.2 Å². The highest BCUT2D eigenvalue weighted by Crippen LogP contribution is 2.32. The van der Waals surface area contributed by atoms with Crippen LogP contribution in [0.15, 0.2) is 79.0 Å². The molecule has 4 aromatic rings. The number of aromatic nitrogens is 2. The van der Waals surface area contributed by atoms with Gasteiger partial charge in [0.15, 0.2) is 0 Å². The molecule has 0 bridgehead atoms. The van der Waals surface area contributed by atoms with E-state index in [0.717, 1.165) is 6.42 Å². The molecular formula is C35H35ClN6O5. The molecule has 12 heteroatoms. The van der Waals surface area contributed by atoms with E-state index in [2.05, 4.69) is 32.9 Å². The number of aryl methyl sites for hydroxylation is 1. The van der Waals surface area contributed by atoms with Crippen LogP contribution in [-0.4, -0.2) is 70.0 Å². The van der Waals surface area contributed by atoms with Gasteiger partial charge in [0.05, 0.1) is 12.2 Å². The zero-order valence-corrected chi connectivity index (χ0v) is 26.8. The lowest BCUT2D eigenvalue weighted by molar-refractivity contribution is -0.129. The van der Waals surface area contributed by atoms with Gasteiger partial charge in [-0.15, -0.1) is 0 Å². The molecule has 47 heavy (non-hydrogen) atoms. The van der Waals surface area contributed by atoms with Crippen LogP contribution in [-0.2, 0) is 21.4 Å². The fourth-order valence-electron chi connectivity index (χ4n) is 4.84. The predicted octanol–water partition coefficient (Wildman–Crippen LogP) is 4.46. The Hall–Kier alpha value is -5.31. The molecule has 5 rings (SSSR count). The average molecular weight is 655 g/mol. The maximum Gasteiger partial charge on any atom is 0.318 e. The van der Waals surface area contributed by atoms with Crippen LogP contribution in [0.25, 0.3) is 11.3 Å². The van der Waals surface area contributed by atoms with E-state index in [9.17, 15) is 19.5 Å². The first kappa shape index (κ1) is 33.1. The monoisotopic (exact) mass is 654 g/mol. The second-order valence-electron chi connectivity index (χ2n) is 10.9. The summed E-state index contributed by atoms with van der Waals surface area (Å²) in [6, 6.07) is 18.2. The smallest absolute Gasteiger partial charge is 0.318 e. The Bertz CT molecular complexity index is 1790. The van der Waals surface area contributed by atoms with Crippen molar-refractivity contribution in [3.63, 3.8) is 0 Å². The number of phenolic OH excluding ortho intramolecular Hbond substituents is 1. The van der Waals surface area contributed by atoms with Gasteiger partial charge in [-0.05, 0) is 61.4 Å². The van der Waals surface area contributed by atoms with Gasteiger partial charge in [-0.1, -0.05) is 53.8 Å². The fourth-order valence-corrected chi connectivity index (χ4v) is 5.01. The Morgan fingerprint density at radius 3 is 2.43 bits per heavy atom. The molecule has 4 N–H and O–H groups in total. The molecule has 1 saturated heterocycles. The van der Waals surface area contributed by atoms with Crippen molar-refractivity contribution in [2.45, 2.75) is 25.4 Å². The summed E-state index contributed by atoms with van der Waals surface area (Å²) in [4.78, 5) is 41.2. The van der Waals surface area contributed by atoms with Crippen LogP contribution in [0.1, 0.15) is 36.1 Å². The first-order valence-corrected chi connectivity index (χ1v) is 15.5. The van der Waals surface area contributed by atoms with Crippen LogP contribution in [0.3, 0.4) is 0 Å². The van der Waals surface area contributed by atoms with Crippen molar-refractivity contribution in [3.05, 3.63) is 101 Å². The number of aromatic hydroxyl groups is 1. The summed E-state index contributed by atoms with van der Waals surface area (Å²) in [7, 11) is 1.76. The molecule has 2 heterocycles. The molecule has 242 valence electrons. The molecule has 0 radical (unpaired) electrons. The van der Waals surface area contributed by atoms with Crippen molar-refractivity contribution in [3.8, 4) is 28.8 Å². The summed E-state index contributed by atoms with van der Waals surface area (Å²) in [6.07, 6.45) is 2.67. The summed E-state index contributed by atoms with van der Waals surface area (Å²) in [6.45, 7) is 3.34. The highest BCUT2D eigenvalue weighted by Gasteiger charge is 2.30. The number of carbonyl (C=O) groups excluding carboxylic acids is 3. The molecule has 11 nitrogen and oxygen atoms in total. The number of nitrogens with one attached hydrogen (secondary N) is 3. The van der Waals surface area contributed by atoms with Crippen LogP contribution in [0.4, 0.5) is 10.5 Å². The molecule has 0 aliphatic carbocycles. The van der Waals surface area contributed by atoms with Gasteiger partial charge in [0.25, 0.3) is 0 Å². The minimum absolute atomic E-state index is 0.0436. The number of nitrogens with zero attached hydrogens (tertiary/aromatic N) is 3. The summed E-state index contributed by atoms with van der Waals surface area (Å²) >= 11 is 6.14. The number of anilines is 1. The van der Waals surface area contributed by atoms with Crippen LogP contribution in [0.2, 0.25) is 5.02 Å². The molecule has 0 saturated carbocycles. The normalized spacial score (nSPS) is 13.4. The second kappa shape index (κ2) is 15.3. The minimum Gasteiger partial charge on any atom is -0.507 e. The Morgan fingerprint density at radius 2 is 1.74 bits per heavy atom. The molecule has 1 fully saturated rings. The van der Waals surface area contributed by atoms with Crippen LogP contribution < -0.4 is 16.0 Å². The number of carbonyl (C=O) groups is 3. The number of phenols is 1. The maximum absolute atomic E-state index is 13.5. The Kier molecular flexibility index (Phi) is 10.8. The van der Waals surface area contributed by atoms with E-state index in [1.165, 1.54) is 6.07 Å². The van der Waals surface area contributed by atoms with E-state index in [0.29, 0.717) is 58.4 Å². The molecule has 0 spiro atoms. The Labute approximate surface area is 277 Å². The van der Waals surface area contributed by atoms with E-state index in [-0.39, 0.29) is 18.4 Å². The van der Waals surface area contributed by atoms with E-state index in [1.54, 1.807) is 90.4 Å². The standard InChI is InChI=1S/C35H35ClN6O5/c1-3-47-22-29(38-34(45)32(24-8-5-4-6-9-24)39-35(46)42-18-7-19-42)33(44)37-27-15-11-23(12-16-27)10-13-25-21-41(2)40-31(25)28-20-26(36)14-17-30(28)43/h4-6,8-9,11-12,14-17,20-21,29,32,43H,3,7,18-19,22H2,1-2H3,(H,37,44)(H,38,45)(H,39,46)/t29-,32+/m0/s1. The van der Waals surface area contributed by atoms with Gasteiger partial charge in [-0.2, -0.15) is 5.10 Å². The minimum atomic E-state index is -1.03. The number of ether oxygens (including phenoxy) is 1. The Morgan fingerprint density at radius 1 is 1.00 bits per heavy atom. The molecular weight excluding hydrogens is 620 g/mol. The summed E-state index contributed by atoms with van der Waals surface area (Å²) in [5, 5.41) is 23.6. The Balaban J connectivity index is 1.27. The molecule has 1 aliphatic heterocycles. The number of rotatable bonds is 10. The zero-order chi connectivity index (χ0) is 33.3. The maximum atomic E-state index is 13.5. The van der Waals surface area contributed by atoms with E-state index in [4.69, 9.17) is 16.3 Å². The fraction of sp³-hybridized carbons (Fsp3) is 0.257. The van der Waals surface area contributed by atoms with Gasteiger partial charge < -0.3 is 30.7 Å². The largest absolute Gasteiger partial charge is 0.507 e.